The van der Waals surface area contributed by atoms with E-state index in [4.69, 9.17) is 4.74 Å². The first kappa shape index (κ1) is 21.2. The summed E-state index contributed by atoms with van der Waals surface area (Å²) >= 11 is 0. The Morgan fingerprint density at radius 1 is 0.968 bits per heavy atom. The van der Waals surface area contributed by atoms with Gasteiger partial charge in [-0.15, -0.1) is 0 Å². The van der Waals surface area contributed by atoms with Crippen molar-refractivity contribution in [3.63, 3.8) is 0 Å². The van der Waals surface area contributed by atoms with Gasteiger partial charge in [0, 0.05) is 31.9 Å². The molecule has 0 atom stereocenters. The predicted molar refractivity (Wildman–Crippen MR) is 117 cm³/mol. The molecule has 2 heterocycles. The standard InChI is InChI=1S/C24H26FN3O3/c1-16-3-8-20(17(2)15-16)21-22(26-19-6-4-18(25)5-7-19)24(30)28(23(21)29)10-9-27-11-13-31-14-12-27/h3-8,15,26H,9-14H2,1-2H3. The van der Waals surface area contributed by atoms with Crippen LogP contribution in [0.2, 0.25) is 0 Å². The van der Waals surface area contributed by atoms with Crippen LogP contribution in [0, 0.1) is 19.7 Å². The van der Waals surface area contributed by atoms with Crippen molar-refractivity contribution in [2.45, 2.75) is 13.8 Å². The molecule has 6 nitrogen and oxygen atoms in total. The Hall–Kier alpha value is -3.03. The second-order valence-electron chi connectivity index (χ2n) is 7.92. The molecule has 0 radical (unpaired) electrons. The van der Waals surface area contributed by atoms with Crippen molar-refractivity contribution in [1.29, 1.82) is 0 Å². The lowest BCUT2D eigenvalue weighted by molar-refractivity contribution is -0.137. The molecule has 2 aliphatic heterocycles. The lowest BCUT2D eigenvalue weighted by atomic mass is 9.97. The van der Waals surface area contributed by atoms with Crippen LogP contribution in [0.4, 0.5) is 10.1 Å². The first-order valence-corrected chi connectivity index (χ1v) is 10.4. The van der Waals surface area contributed by atoms with Crippen molar-refractivity contribution in [1.82, 2.24) is 9.80 Å². The van der Waals surface area contributed by atoms with Crippen LogP contribution in [0.1, 0.15) is 16.7 Å². The zero-order chi connectivity index (χ0) is 22.0. The van der Waals surface area contributed by atoms with E-state index in [0.717, 1.165) is 29.8 Å². The Balaban J connectivity index is 1.65. The lowest BCUT2D eigenvalue weighted by Gasteiger charge is -2.28. The molecule has 4 rings (SSSR count). The largest absolute Gasteiger partial charge is 0.379 e. The maximum Gasteiger partial charge on any atom is 0.278 e. The van der Waals surface area contributed by atoms with Gasteiger partial charge in [0.1, 0.15) is 11.5 Å². The van der Waals surface area contributed by atoms with Gasteiger partial charge >= 0.3 is 0 Å². The highest BCUT2D eigenvalue weighted by atomic mass is 19.1. The van der Waals surface area contributed by atoms with Crippen LogP contribution in [0.5, 0.6) is 0 Å². The zero-order valence-electron chi connectivity index (χ0n) is 17.8. The van der Waals surface area contributed by atoms with Crippen molar-refractivity contribution in [3.8, 4) is 0 Å². The van der Waals surface area contributed by atoms with Gasteiger partial charge in [0.15, 0.2) is 0 Å². The summed E-state index contributed by atoms with van der Waals surface area (Å²) in [4.78, 5) is 30.2. The van der Waals surface area contributed by atoms with Gasteiger partial charge in [-0.3, -0.25) is 19.4 Å². The number of nitrogens with one attached hydrogen (secondary N) is 1. The number of morpholine rings is 1. The van der Waals surface area contributed by atoms with E-state index in [9.17, 15) is 14.0 Å². The smallest absolute Gasteiger partial charge is 0.278 e. The molecule has 7 heteroatoms. The van der Waals surface area contributed by atoms with Gasteiger partial charge in [0.05, 0.1) is 18.8 Å². The van der Waals surface area contributed by atoms with Crippen molar-refractivity contribution in [2.24, 2.45) is 0 Å². The maximum atomic E-state index is 13.4. The number of ether oxygens (including phenoxy) is 1. The quantitative estimate of drug-likeness (QED) is 0.724. The number of anilines is 1. The molecule has 2 aromatic rings. The fourth-order valence-electron chi connectivity index (χ4n) is 3.98. The van der Waals surface area contributed by atoms with Crippen molar-refractivity contribution >= 4 is 23.1 Å². The lowest BCUT2D eigenvalue weighted by Crippen LogP contribution is -2.43. The summed E-state index contributed by atoms with van der Waals surface area (Å²) in [6.45, 7) is 7.71. The van der Waals surface area contributed by atoms with Gasteiger partial charge in [-0.1, -0.05) is 23.8 Å². The highest BCUT2D eigenvalue weighted by Crippen LogP contribution is 2.32. The number of imide groups is 1. The highest BCUT2D eigenvalue weighted by Gasteiger charge is 2.39. The van der Waals surface area contributed by atoms with Gasteiger partial charge in [-0.2, -0.15) is 0 Å². The van der Waals surface area contributed by atoms with Gasteiger partial charge in [0.25, 0.3) is 11.8 Å². The van der Waals surface area contributed by atoms with Crippen LogP contribution >= 0.6 is 0 Å². The fourth-order valence-corrected chi connectivity index (χ4v) is 3.98. The molecule has 0 bridgehead atoms. The van der Waals surface area contributed by atoms with Crippen molar-refractivity contribution in [3.05, 3.63) is 70.7 Å². The first-order chi connectivity index (χ1) is 14.9. The topological polar surface area (TPSA) is 61.9 Å². The van der Waals surface area contributed by atoms with E-state index in [1.807, 2.05) is 32.0 Å². The number of carbonyl (C=O) groups excluding carboxylic acids is 2. The summed E-state index contributed by atoms with van der Waals surface area (Å²) in [7, 11) is 0. The van der Waals surface area contributed by atoms with E-state index >= 15 is 0 Å². The third kappa shape index (κ3) is 4.52. The minimum atomic E-state index is -0.366. The number of carbonyl (C=O) groups is 2. The third-order valence-corrected chi connectivity index (χ3v) is 5.68. The molecule has 1 fully saturated rings. The van der Waals surface area contributed by atoms with E-state index in [1.54, 1.807) is 12.1 Å². The number of halogens is 1. The summed E-state index contributed by atoms with van der Waals surface area (Å²) in [5.74, 6) is -1.04. The minimum absolute atomic E-state index is 0.227. The number of aryl methyl sites for hydroxylation is 2. The average Bonchev–Trinajstić information content (AvgIpc) is 2.98. The zero-order valence-corrected chi connectivity index (χ0v) is 17.8. The molecule has 162 valence electrons. The first-order valence-electron chi connectivity index (χ1n) is 10.4. The predicted octanol–water partition coefficient (Wildman–Crippen LogP) is 2.97. The molecular formula is C24H26FN3O3. The number of amides is 2. The average molecular weight is 423 g/mol. The van der Waals surface area contributed by atoms with E-state index in [2.05, 4.69) is 10.2 Å². The van der Waals surface area contributed by atoms with Crippen LogP contribution in [0.3, 0.4) is 0 Å². The van der Waals surface area contributed by atoms with Crippen LogP contribution in [0.15, 0.2) is 48.2 Å². The van der Waals surface area contributed by atoms with Crippen LogP contribution < -0.4 is 5.32 Å². The summed E-state index contributed by atoms with van der Waals surface area (Å²) in [6.07, 6.45) is 0. The Morgan fingerprint density at radius 3 is 2.35 bits per heavy atom. The van der Waals surface area contributed by atoms with Gasteiger partial charge in [-0.05, 0) is 49.2 Å². The third-order valence-electron chi connectivity index (χ3n) is 5.68. The second-order valence-corrected chi connectivity index (χ2v) is 7.92. The minimum Gasteiger partial charge on any atom is -0.379 e. The summed E-state index contributed by atoms with van der Waals surface area (Å²) < 4.78 is 18.7. The van der Waals surface area contributed by atoms with Crippen molar-refractivity contribution < 1.29 is 18.7 Å². The number of nitrogens with zero attached hydrogens (tertiary/aromatic N) is 2. The van der Waals surface area contributed by atoms with E-state index in [1.165, 1.54) is 17.0 Å². The Labute approximate surface area is 181 Å². The normalized spacial score (nSPS) is 17.6. The molecule has 0 unspecified atom stereocenters. The van der Waals surface area contributed by atoms with Crippen LogP contribution in [-0.2, 0) is 14.3 Å². The molecule has 2 amide bonds. The maximum absolute atomic E-state index is 13.4. The summed E-state index contributed by atoms with van der Waals surface area (Å²) in [5.41, 5.74) is 3.86. The molecular weight excluding hydrogens is 397 g/mol. The molecule has 2 aliphatic rings. The summed E-state index contributed by atoms with van der Waals surface area (Å²) in [5, 5.41) is 3.07. The number of hydrogen-bond donors (Lipinski definition) is 1. The number of benzene rings is 2. The molecule has 2 aromatic carbocycles. The van der Waals surface area contributed by atoms with Crippen LogP contribution in [0.25, 0.3) is 5.57 Å². The molecule has 0 spiro atoms. The van der Waals surface area contributed by atoms with Crippen molar-refractivity contribution in [2.75, 3.05) is 44.7 Å². The van der Waals surface area contributed by atoms with Gasteiger partial charge < -0.3 is 10.1 Å². The number of hydrogen-bond acceptors (Lipinski definition) is 5. The SMILES string of the molecule is Cc1ccc(C2=C(Nc3ccc(F)cc3)C(=O)N(CCN3CCOCC3)C2=O)c(C)c1. The molecule has 1 saturated heterocycles. The monoisotopic (exact) mass is 423 g/mol. The number of rotatable bonds is 6. The summed E-state index contributed by atoms with van der Waals surface area (Å²) in [6, 6.07) is 11.5. The van der Waals surface area contributed by atoms with Gasteiger partial charge in [0.2, 0.25) is 0 Å². The highest BCUT2D eigenvalue weighted by molar-refractivity contribution is 6.36. The second kappa shape index (κ2) is 8.99. The Morgan fingerprint density at radius 2 is 1.68 bits per heavy atom. The molecule has 0 aromatic heterocycles. The Bertz CT molecular complexity index is 1030. The van der Waals surface area contributed by atoms with E-state index in [-0.39, 0.29) is 23.3 Å². The molecule has 31 heavy (non-hydrogen) atoms. The molecule has 1 N–H and O–H groups in total. The van der Waals surface area contributed by atoms with Crippen LogP contribution in [-0.4, -0.2) is 61.0 Å². The van der Waals surface area contributed by atoms with E-state index < -0.39 is 0 Å². The molecule has 0 aliphatic carbocycles. The Kier molecular flexibility index (Phi) is 6.15. The fraction of sp³-hybridized carbons (Fsp3) is 0.333. The molecule has 0 saturated carbocycles. The van der Waals surface area contributed by atoms with E-state index in [0.29, 0.717) is 37.6 Å². The van der Waals surface area contributed by atoms with Gasteiger partial charge in [-0.25, -0.2) is 4.39 Å².